The second kappa shape index (κ2) is 5.80. The third-order valence-corrected chi connectivity index (χ3v) is 1.32. The van der Waals surface area contributed by atoms with Gasteiger partial charge in [0.15, 0.2) is 5.82 Å². The molecule has 6 heteroatoms. The number of nitrogens with zero attached hydrogens (tertiary/aromatic N) is 2. The van der Waals surface area contributed by atoms with Crippen LogP contribution in [0.4, 0.5) is 4.39 Å². The first kappa shape index (κ1) is 12.2. The highest BCUT2D eigenvalue weighted by atomic mass is 35.5. The van der Waals surface area contributed by atoms with E-state index in [-0.39, 0.29) is 12.4 Å². The van der Waals surface area contributed by atoms with Gasteiger partial charge in [0.1, 0.15) is 5.82 Å². The van der Waals surface area contributed by atoms with E-state index in [0.29, 0.717) is 12.4 Å². The van der Waals surface area contributed by atoms with Crippen molar-refractivity contribution in [1.82, 2.24) is 9.97 Å². The maximum absolute atomic E-state index is 12.3. The molecule has 1 unspecified atom stereocenters. The fourth-order valence-electron chi connectivity index (χ4n) is 0.768. The van der Waals surface area contributed by atoms with Crippen molar-refractivity contribution in [2.24, 2.45) is 5.73 Å². The fourth-order valence-corrected chi connectivity index (χ4v) is 0.768. The predicted octanol–water partition coefficient (Wildman–Crippen LogP) is 0.684. The zero-order valence-corrected chi connectivity index (χ0v) is 7.92. The molecule has 0 aliphatic heterocycles. The van der Waals surface area contributed by atoms with Gasteiger partial charge in [-0.3, -0.25) is 0 Å². The quantitative estimate of drug-likeness (QED) is 0.792. The largest absolute Gasteiger partial charge is 0.383 e. The van der Waals surface area contributed by atoms with Crippen LogP contribution in [-0.4, -0.2) is 23.7 Å². The van der Waals surface area contributed by atoms with E-state index in [2.05, 4.69) is 9.97 Å². The standard InChI is InChI=1S/C7H10FN3O.ClH/c1-12-4-6(9)7-10-2-5(8)3-11-7;/h2-3,6H,4,9H2,1H3;1H. The van der Waals surface area contributed by atoms with Crippen molar-refractivity contribution < 1.29 is 9.13 Å². The van der Waals surface area contributed by atoms with Crippen molar-refractivity contribution in [1.29, 1.82) is 0 Å². The van der Waals surface area contributed by atoms with E-state index in [1.54, 1.807) is 0 Å². The van der Waals surface area contributed by atoms with Gasteiger partial charge < -0.3 is 10.5 Å². The number of halogens is 2. The summed E-state index contributed by atoms with van der Waals surface area (Å²) in [7, 11) is 1.53. The molecule has 13 heavy (non-hydrogen) atoms. The molecule has 0 spiro atoms. The summed E-state index contributed by atoms with van der Waals surface area (Å²) in [5.41, 5.74) is 5.58. The van der Waals surface area contributed by atoms with Gasteiger partial charge in [0.05, 0.1) is 25.0 Å². The van der Waals surface area contributed by atoms with Gasteiger partial charge in [0, 0.05) is 7.11 Å². The van der Waals surface area contributed by atoms with Crippen LogP contribution in [0.15, 0.2) is 12.4 Å². The highest BCUT2D eigenvalue weighted by molar-refractivity contribution is 5.85. The molecule has 0 fully saturated rings. The van der Waals surface area contributed by atoms with Crippen LogP contribution in [0.1, 0.15) is 11.9 Å². The van der Waals surface area contributed by atoms with Crippen molar-refractivity contribution in [2.75, 3.05) is 13.7 Å². The molecular formula is C7H11ClFN3O. The molecule has 1 heterocycles. The average molecular weight is 208 g/mol. The van der Waals surface area contributed by atoms with Crippen LogP contribution in [0.25, 0.3) is 0 Å². The van der Waals surface area contributed by atoms with E-state index >= 15 is 0 Å². The lowest BCUT2D eigenvalue weighted by molar-refractivity contribution is 0.178. The van der Waals surface area contributed by atoms with E-state index in [9.17, 15) is 4.39 Å². The molecule has 74 valence electrons. The van der Waals surface area contributed by atoms with E-state index in [1.165, 1.54) is 7.11 Å². The highest BCUT2D eigenvalue weighted by Gasteiger charge is 2.07. The summed E-state index contributed by atoms with van der Waals surface area (Å²) in [5, 5.41) is 0. The first-order valence-corrected chi connectivity index (χ1v) is 3.46. The maximum Gasteiger partial charge on any atom is 0.159 e. The number of hydrogen-bond acceptors (Lipinski definition) is 4. The van der Waals surface area contributed by atoms with E-state index in [0.717, 1.165) is 12.4 Å². The lowest BCUT2D eigenvalue weighted by Gasteiger charge is -2.07. The fraction of sp³-hybridized carbons (Fsp3) is 0.429. The second-order valence-corrected chi connectivity index (χ2v) is 2.32. The minimum absolute atomic E-state index is 0. The number of rotatable bonds is 3. The molecule has 1 atom stereocenters. The molecule has 0 amide bonds. The molecule has 2 N–H and O–H groups in total. The Kier molecular flexibility index (Phi) is 5.45. The molecule has 0 aromatic carbocycles. The summed E-state index contributed by atoms with van der Waals surface area (Å²) in [4.78, 5) is 7.41. The third kappa shape index (κ3) is 3.63. The molecule has 1 rings (SSSR count). The molecule has 1 aromatic rings. The van der Waals surface area contributed by atoms with Gasteiger partial charge in [0.25, 0.3) is 0 Å². The average Bonchev–Trinajstić information content (AvgIpc) is 2.06. The zero-order chi connectivity index (χ0) is 8.97. The summed E-state index contributed by atoms with van der Waals surface area (Å²) >= 11 is 0. The molecule has 0 aliphatic carbocycles. The van der Waals surface area contributed by atoms with E-state index < -0.39 is 11.9 Å². The molecule has 0 aliphatic rings. The molecule has 0 saturated heterocycles. The molecule has 0 radical (unpaired) electrons. The first-order chi connectivity index (χ1) is 5.74. The molecule has 1 aromatic heterocycles. The number of hydrogen-bond donors (Lipinski definition) is 1. The van der Waals surface area contributed by atoms with Gasteiger partial charge in [-0.1, -0.05) is 0 Å². The Balaban J connectivity index is 0.00000144. The third-order valence-electron chi connectivity index (χ3n) is 1.32. The Bertz CT molecular complexity index is 244. The number of aromatic nitrogens is 2. The number of methoxy groups -OCH3 is 1. The lowest BCUT2D eigenvalue weighted by Crippen LogP contribution is -2.18. The predicted molar refractivity (Wildman–Crippen MR) is 48.0 cm³/mol. The summed E-state index contributed by atoms with van der Waals surface area (Å²) in [6.45, 7) is 0.325. The van der Waals surface area contributed by atoms with Crippen LogP contribution < -0.4 is 5.73 Å². The van der Waals surface area contributed by atoms with Crippen LogP contribution in [0, 0.1) is 5.82 Å². The number of ether oxygens (including phenoxy) is 1. The topological polar surface area (TPSA) is 61.0 Å². The summed E-state index contributed by atoms with van der Waals surface area (Å²) < 4.78 is 17.1. The Hall–Kier alpha value is -0.780. The summed E-state index contributed by atoms with van der Waals surface area (Å²) in [6, 6.07) is -0.393. The van der Waals surface area contributed by atoms with Crippen molar-refractivity contribution in [3.63, 3.8) is 0 Å². The van der Waals surface area contributed by atoms with Crippen LogP contribution in [0.5, 0.6) is 0 Å². The van der Waals surface area contributed by atoms with Gasteiger partial charge in [0.2, 0.25) is 0 Å². The van der Waals surface area contributed by atoms with Crippen molar-refractivity contribution in [2.45, 2.75) is 6.04 Å². The van der Waals surface area contributed by atoms with Crippen molar-refractivity contribution >= 4 is 12.4 Å². The minimum Gasteiger partial charge on any atom is -0.383 e. The minimum atomic E-state index is -0.469. The molecular weight excluding hydrogens is 197 g/mol. The summed E-state index contributed by atoms with van der Waals surface area (Å²) in [6.07, 6.45) is 2.16. The van der Waals surface area contributed by atoms with Crippen LogP contribution in [0.3, 0.4) is 0 Å². The number of nitrogens with two attached hydrogens (primary N) is 1. The molecule has 4 nitrogen and oxygen atoms in total. The van der Waals surface area contributed by atoms with Gasteiger partial charge in [-0.25, -0.2) is 14.4 Å². The lowest BCUT2D eigenvalue weighted by atomic mass is 10.3. The van der Waals surface area contributed by atoms with Crippen LogP contribution in [-0.2, 0) is 4.74 Å². The van der Waals surface area contributed by atoms with E-state index in [4.69, 9.17) is 10.5 Å². The first-order valence-electron chi connectivity index (χ1n) is 3.46. The Morgan fingerprint density at radius 1 is 1.54 bits per heavy atom. The van der Waals surface area contributed by atoms with Gasteiger partial charge in [-0.05, 0) is 0 Å². The Labute approximate surface area is 81.7 Å². The van der Waals surface area contributed by atoms with Gasteiger partial charge in [-0.15, -0.1) is 12.4 Å². The van der Waals surface area contributed by atoms with Gasteiger partial charge in [-0.2, -0.15) is 0 Å². The zero-order valence-electron chi connectivity index (χ0n) is 7.11. The normalized spacial score (nSPS) is 11.9. The Morgan fingerprint density at radius 3 is 2.54 bits per heavy atom. The van der Waals surface area contributed by atoms with Crippen LogP contribution in [0.2, 0.25) is 0 Å². The maximum atomic E-state index is 12.3. The highest BCUT2D eigenvalue weighted by Crippen LogP contribution is 2.03. The van der Waals surface area contributed by atoms with Crippen molar-refractivity contribution in [3.8, 4) is 0 Å². The monoisotopic (exact) mass is 207 g/mol. The molecule has 0 saturated carbocycles. The van der Waals surface area contributed by atoms with E-state index in [1.807, 2.05) is 0 Å². The Morgan fingerprint density at radius 2 is 2.08 bits per heavy atom. The smallest absolute Gasteiger partial charge is 0.159 e. The van der Waals surface area contributed by atoms with Gasteiger partial charge >= 0.3 is 0 Å². The van der Waals surface area contributed by atoms with Crippen LogP contribution >= 0.6 is 12.4 Å². The SMILES string of the molecule is COCC(N)c1ncc(F)cn1.Cl. The van der Waals surface area contributed by atoms with Crippen molar-refractivity contribution in [3.05, 3.63) is 24.0 Å². The summed E-state index contributed by atoms with van der Waals surface area (Å²) in [5.74, 6) is -0.0818. The molecule has 0 bridgehead atoms. The second-order valence-electron chi connectivity index (χ2n) is 2.32.